The second-order valence-corrected chi connectivity index (χ2v) is 3.29. The van der Waals surface area contributed by atoms with E-state index in [0.717, 1.165) is 17.9 Å². The summed E-state index contributed by atoms with van der Waals surface area (Å²) in [6.07, 6.45) is 3.00. The van der Waals surface area contributed by atoms with Gasteiger partial charge in [0.2, 0.25) is 0 Å². The van der Waals surface area contributed by atoms with E-state index in [1.165, 1.54) is 0 Å². The Kier molecular flexibility index (Phi) is 2.19. The highest BCUT2D eigenvalue weighted by Gasteiger charge is 2.32. The van der Waals surface area contributed by atoms with E-state index in [-0.39, 0.29) is 12.0 Å². The molecule has 0 aliphatic carbocycles. The topological polar surface area (TPSA) is 48.1 Å². The number of nitrogens with two attached hydrogens (primary N) is 1. The molecule has 0 amide bonds. The van der Waals surface area contributed by atoms with Gasteiger partial charge in [-0.2, -0.15) is 0 Å². The van der Waals surface area contributed by atoms with E-state index in [1.54, 1.807) is 6.20 Å². The third kappa shape index (κ3) is 1.29. The normalized spacial score (nSPS) is 25.4. The molecular formula is C10H14N2O. The number of hydrogen-bond donors (Lipinski definition) is 1. The summed E-state index contributed by atoms with van der Waals surface area (Å²) in [6, 6.07) is 3.85. The molecule has 13 heavy (non-hydrogen) atoms. The minimum atomic E-state index is 0.217. The molecule has 0 unspecified atom stereocenters. The molecular weight excluding hydrogens is 164 g/mol. The zero-order valence-electron chi connectivity index (χ0n) is 7.73. The highest BCUT2D eigenvalue weighted by molar-refractivity contribution is 5.35. The minimum absolute atomic E-state index is 0.217. The third-order valence-electron chi connectivity index (χ3n) is 2.53. The average molecular weight is 178 g/mol. The number of aromatic nitrogens is 1. The standard InChI is InChI=1S/C10H14N2O/c1-2-8-7(6-11)10-9(13-8)4-3-5-12-10/h3-5,7-8H,2,6,11H2,1H3/t7-,8-/m0/s1. The van der Waals surface area contributed by atoms with Gasteiger partial charge < -0.3 is 10.5 Å². The van der Waals surface area contributed by atoms with Gasteiger partial charge in [0, 0.05) is 12.7 Å². The van der Waals surface area contributed by atoms with Gasteiger partial charge in [0.05, 0.1) is 11.6 Å². The first kappa shape index (κ1) is 8.51. The first-order chi connectivity index (χ1) is 6.36. The van der Waals surface area contributed by atoms with E-state index >= 15 is 0 Å². The molecule has 0 saturated carbocycles. The Morgan fingerprint density at radius 2 is 2.46 bits per heavy atom. The largest absolute Gasteiger partial charge is 0.488 e. The lowest BCUT2D eigenvalue weighted by Gasteiger charge is -2.13. The van der Waals surface area contributed by atoms with Gasteiger partial charge in [0.1, 0.15) is 11.9 Å². The molecule has 70 valence electrons. The predicted octanol–water partition coefficient (Wildman–Crippen LogP) is 1.29. The maximum Gasteiger partial charge on any atom is 0.141 e. The van der Waals surface area contributed by atoms with E-state index in [9.17, 15) is 0 Å². The first-order valence-corrected chi connectivity index (χ1v) is 4.68. The second kappa shape index (κ2) is 3.34. The smallest absolute Gasteiger partial charge is 0.141 e. The van der Waals surface area contributed by atoms with Gasteiger partial charge >= 0.3 is 0 Å². The Morgan fingerprint density at radius 1 is 1.62 bits per heavy atom. The Morgan fingerprint density at radius 3 is 3.15 bits per heavy atom. The number of pyridine rings is 1. The van der Waals surface area contributed by atoms with Gasteiger partial charge in [0.15, 0.2) is 0 Å². The van der Waals surface area contributed by atoms with Crippen molar-refractivity contribution in [1.29, 1.82) is 0 Å². The van der Waals surface area contributed by atoms with E-state index in [1.807, 2.05) is 12.1 Å². The van der Waals surface area contributed by atoms with Crippen molar-refractivity contribution in [2.45, 2.75) is 25.4 Å². The van der Waals surface area contributed by atoms with Crippen molar-refractivity contribution >= 4 is 0 Å². The summed E-state index contributed by atoms with van der Waals surface area (Å²) >= 11 is 0. The van der Waals surface area contributed by atoms with Crippen molar-refractivity contribution in [3.63, 3.8) is 0 Å². The number of ether oxygens (including phenoxy) is 1. The summed E-state index contributed by atoms with van der Waals surface area (Å²) in [6.45, 7) is 2.72. The van der Waals surface area contributed by atoms with Gasteiger partial charge in [-0.15, -0.1) is 0 Å². The molecule has 0 aromatic carbocycles. The summed E-state index contributed by atoms with van der Waals surface area (Å²) in [4.78, 5) is 4.30. The lowest BCUT2D eigenvalue weighted by molar-refractivity contribution is 0.202. The molecule has 0 bridgehead atoms. The summed E-state index contributed by atoms with van der Waals surface area (Å²) in [5.74, 6) is 1.19. The van der Waals surface area contributed by atoms with Gasteiger partial charge in [-0.3, -0.25) is 4.98 Å². The predicted molar refractivity (Wildman–Crippen MR) is 50.7 cm³/mol. The lowest BCUT2D eigenvalue weighted by Crippen LogP contribution is -2.24. The highest BCUT2D eigenvalue weighted by Crippen LogP contribution is 2.36. The van der Waals surface area contributed by atoms with Gasteiger partial charge in [0.25, 0.3) is 0 Å². The van der Waals surface area contributed by atoms with Crippen LogP contribution in [0.2, 0.25) is 0 Å². The molecule has 2 atom stereocenters. The van der Waals surface area contributed by atoms with Crippen molar-refractivity contribution in [3.05, 3.63) is 24.0 Å². The molecule has 1 aliphatic heterocycles. The van der Waals surface area contributed by atoms with E-state index in [2.05, 4.69) is 11.9 Å². The Labute approximate surface area is 77.9 Å². The highest BCUT2D eigenvalue weighted by atomic mass is 16.5. The van der Waals surface area contributed by atoms with Crippen LogP contribution in [0.15, 0.2) is 18.3 Å². The fourth-order valence-electron chi connectivity index (χ4n) is 1.83. The van der Waals surface area contributed by atoms with Crippen LogP contribution in [-0.4, -0.2) is 17.6 Å². The van der Waals surface area contributed by atoms with Gasteiger partial charge in [-0.05, 0) is 18.6 Å². The second-order valence-electron chi connectivity index (χ2n) is 3.29. The molecule has 3 heteroatoms. The Balaban J connectivity index is 2.34. The van der Waals surface area contributed by atoms with E-state index in [4.69, 9.17) is 10.5 Å². The zero-order valence-corrected chi connectivity index (χ0v) is 7.73. The van der Waals surface area contributed by atoms with Crippen LogP contribution in [0.4, 0.5) is 0 Å². The maximum atomic E-state index is 5.72. The van der Waals surface area contributed by atoms with Crippen molar-refractivity contribution in [2.75, 3.05) is 6.54 Å². The van der Waals surface area contributed by atoms with Crippen molar-refractivity contribution in [1.82, 2.24) is 4.98 Å². The summed E-state index contributed by atoms with van der Waals surface area (Å²) in [5, 5.41) is 0. The molecule has 2 rings (SSSR count). The van der Waals surface area contributed by atoms with Crippen LogP contribution in [0, 0.1) is 0 Å². The fourth-order valence-corrected chi connectivity index (χ4v) is 1.83. The van der Waals surface area contributed by atoms with Crippen LogP contribution in [0.5, 0.6) is 5.75 Å². The number of nitrogens with zero attached hydrogens (tertiary/aromatic N) is 1. The quantitative estimate of drug-likeness (QED) is 0.742. The number of hydrogen-bond acceptors (Lipinski definition) is 3. The Bertz CT molecular complexity index is 301. The van der Waals surface area contributed by atoms with Gasteiger partial charge in [-0.1, -0.05) is 6.92 Å². The van der Waals surface area contributed by atoms with Crippen molar-refractivity contribution in [2.24, 2.45) is 5.73 Å². The summed E-state index contributed by atoms with van der Waals surface area (Å²) in [7, 11) is 0. The monoisotopic (exact) mass is 178 g/mol. The molecule has 0 spiro atoms. The lowest BCUT2D eigenvalue weighted by atomic mass is 9.99. The molecule has 3 nitrogen and oxygen atoms in total. The van der Waals surface area contributed by atoms with Crippen molar-refractivity contribution in [3.8, 4) is 5.75 Å². The zero-order chi connectivity index (χ0) is 9.26. The van der Waals surface area contributed by atoms with Crippen LogP contribution in [0.25, 0.3) is 0 Å². The maximum absolute atomic E-state index is 5.72. The van der Waals surface area contributed by atoms with Crippen LogP contribution < -0.4 is 10.5 Å². The third-order valence-corrected chi connectivity index (χ3v) is 2.53. The fraction of sp³-hybridized carbons (Fsp3) is 0.500. The number of fused-ring (bicyclic) bond motifs is 1. The SMILES string of the molecule is CC[C@@H]1Oc2cccnc2[C@H]1CN. The molecule has 1 aliphatic rings. The first-order valence-electron chi connectivity index (χ1n) is 4.68. The average Bonchev–Trinajstić information content (AvgIpc) is 2.55. The number of rotatable bonds is 2. The molecule has 2 N–H and O–H groups in total. The molecule has 2 heterocycles. The van der Waals surface area contributed by atoms with E-state index in [0.29, 0.717) is 6.54 Å². The molecule has 0 radical (unpaired) electrons. The van der Waals surface area contributed by atoms with Crippen LogP contribution >= 0.6 is 0 Å². The van der Waals surface area contributed by atoms with Gasteiger partial charge in [-0.25, -0.2) is 0 Å². The van der Waals surface area contributed by atoms with Crippen molar-refractivity contribution < 1.29 is 4.74 Å². The Hall–Kier alpha value is -1.09. The van der Waals surface area contributed by atoms with Crippen LogP contribution in [0.1, 0.15) is 25.0 Å². The van der Waals surface area contributed by atoms with Crippen LogP contribution in [-0.2, 0) is 0 Å². The minimum Gasteiger partial charge on any atom is -0.488 e. The summed E-state index contributed by atoms with van der Waals surface area (Å²) < 4.78 is 5.72. The molecule has 1 aromatic heterocycles. The molecule has 0 fully saturated rings. The summed E-state index contributed by atoms with van der Waals surface area (Å²) in [5.41, 5.74) is 6.72. The molecule has 0 saturated heterocycles. The molecule has 1 aromatic rings. The van der Waals surface area contributed by atoms with E-state index < -0.39 is 0 Å². The van der Waals surface area contributed by atoms with Crippen LogP contribution in [0.3, 0.4) is 0 Å².